The Morgan fingerprint density at radius 1 is 1.40 bits per heavy atom. The zero-order valence-electron chi connectivity index (χ0n) is 10.4. The highest BCUT2D eigenvalue weighted by Gasteiger charge is 2.19. The molecule has 2 aromatic rings. The van der Waals surface area contributed by atoms with Crippen LogP contribution in [0.15, 0.2) is 18.2 Å². The maximum atomic E-state index is 11.1. The molecular weight excluding hydrogens is 303 g/mol. The Hall–Kier alpha value is -1.63. The van der Waals surface area contributed by atoms with Crippen molar-refractivity contribution in [1.82, 2.24) is 15.0 Å². The summed E-state index contributed by atoms with van der Waals surface area (Å²) in [5.74, 6) is -1.13. The number of carbonyl (C=O) groups is 1. The van der Waals surface area contributed by atoms with Crippen molar-refractivity contribution in [1.29, 1.82) is 0 Å². The minimum absolute atomic E-state index is 0.0893. The van der Waals surface area contributed by atoms with Gasteiger partial charge in [-0.25, -0.2) is 9.48 Å². The minimum atomic E-state index is -1.13. The molecule has 1 heterocycles. The van der Waals surface area contributed by atoms with Crippen molar-refractivity contribution >= 4 is 29.2 Å². The van der Waals surface area contributed by atoms with E-state index in [1.807, 2.05) is 0 Å². The molecule has 0 saturated carbocycles. The first-order chi connectivity index (χ1) is 9.54. The molecule has 20 heavy (non-hydrogen) atoms. The molecule has 3 N–H and O–H groups in total. The van der Waals surface area contributed by atoms with Gasteiger partial charge in [-0.15, -0.1) is 5.10 Å². The number of hydrogen-bond acceptors (Lipinski definition) is 4. The second-order valence-corrected chi connectivity index (χ2v) is 4.88. The normalized spacial score (nSPS) is 10.8. The summed E-state index contributed by atoms with van der Waals surface area (Å²) in [6.07, 6.45) is 0.368. The average molecular weight is 315 g/mol. The van der Waals surface area contributed by atoms with Crippen molar-refractivity contribution in [3.63, 3.8) is 0 Å². The summed E-state index contributed by atoms with van der Waals surface area (Å²) in [6, 6.07) is 5.24. The number of halogens is 2. The Labute approximate surface area is 125 Å². The fraction of sp³-hybridized carbons (Fsp3) is 0.250. The number of benzene rings is 1. The number of aromatic carboxylic acids is 1. The van der Waals surface area contributed by atoms with E-state index in [0.29, 0.717) is 28.7 Å². The highest BCUT2D eigenvalue weighted by atomic mass is 35.5. The molecule has 2 rings (SSSR count). The molecule has 0 amide bonds. The molecule has 0 aliphatic carbocycles. The van der Waals surface area contributed by atoms with E-state index in [0.717, 1.165) is 5.56 Å². The average Bonchev–Trinajstić information content (AvgIpc) is 2.79. The smallest absolute Gasteiger partial charge is 0.358 e. The van der Waals surface area contributed by atoms with Crippen LogP contribution in [0, 0.1) is 0 Å². The standard InChI is InChI=1S/C12H12Cl2N4O2/c13-8-3-1-2-7(10(8)14)6-18-9(4-5-15)11(12(19)20)16-17-18/h1-3H,4-6,15H2,(H,19,20). The van der Waals surface area contributed by atoms with Gasteiger partial charge < -0.3 is 10.8 Å². The van der Waals surface area contributed by atoms with Crippen LogP contribution in [0.4, 0.5) is 0 Å². The molecule has 0 radical (unpaired) electrons. The Balaban J connectivity index is 2.38. The van der Waals surface area contributed by atoms with Crippen molar-refractivity contribution in [3.05, 3.63) is 45.2 Å². The number of nitrogens with two attached hydrogens (primary N) is 1. The first-order valence-electron chi connectivity index (χ1n) is 5.83. The van der Waals surface area contributed by atoms with Gasteiger partial charge in [-0.05, 0) is 18.2 Å². The fourth-order valence-electron chi connectivity index (χ4n) is 1.84. The number of nitrogens with zero attached hydrogens (tertiary/aromatic N) is 3. The Morgan fingerprint density at radius 3 is 2.80 bits per heavy atom. The summed E-state index contributed by atoms with van der Waals surface area (Å²) in [5, 5.41) is 17.4. The third-order valence-corrected chi connectivity index (χ3v) is 3.63. The van der Waals surface area contributed by atoms with Crippen LogP contribution in [0.1, 0.15) is 21.7 Å². The Bertz CT molecular complexity index is 642. The third-order valence-electron chi connectivity index (χ3n) is 2.77. The van der Waals surface area contributed by atoms with Crippen molar-refractivity contribution < 1.29 is 9.90 Å². The highest BCUT2D eigenvalue weighted by Crippen LogP contribution is 2.26. The number of hydrogen-bond donors (Lipinski definition) is 2. The zero-order chi connectivity index (χ0) is 14.7. The third kappa shape index (κ3) is 2.92. The Morgan fingerprint density at radius 2 is 2.15 bits per heavy atom. The van der Waals surface area contributed by atoms with Gasteiger partial charge in [-0.1, -0.05) is 40.5 Å². The number of carboxylic acids is 1. The molecule has 0 bridgehead atoms. The van der Waals surface area contributed by atoms with Crippen LogP contribution in [-0.2, 0) is 13.0 Å². The number of carboxylic acid groups (broad SMARTS) is 1. The summed E-state index contributed by atoms with van der Waals surface area (Å²) < 4.78 is 1.48. The molecule has 1 aromatic heterocycles. The first kappa shape index (κ1) is 14.8. The predicted octanol–water partition coefficient (Wildman–Crippen LogP) is 1.83. The van der Waals surface area contributed by atoms with Gasteiger partial charge in [0.05, 0.1) is 22.3 Å². The van der Waals surface area contributed by atoms with E-state index in [2.05, 4.69) is 10.3 Å². The first-order valence-corrected chi connectivity index (χ1v) is 6.58. The molecule has 0 spiro atoms. The van der Waals surface area contributed by atoms with Crippen LogP contribution in [0.5, 0.6) is 0 Å². The lowest BCUT2D eigenvalue weighted by molar-refractivity contribution is 0.0689. The van der Waals surface area contributed by atoms with Crippen molar-refractivity contribution in [2.24, 2.45) is 5.73 Å². The maximum absolute atomic E-state index is 11.1. The van der Waals surface area contributed by atoms with E-state index in [4.69, 9.17) is 34.0 Å². The van der Waals surface area contributed by atoms with E-state index in [1.54, 1.807) is 18.2 Å². The van der Waals surface area contributed by atoms with Crippen molar-refractivity contribution in [3.8, 4) is 0 Å². The van der Waals surface area contributed by atoms with Gasteiger partial charge in [-0.2, -0.15) is 0 Å². The van der Waals surface area contributed by atoms with Crippen LogP contribution >= 0.6 is 23.2 Å². The molecule has 0 unspecified atom stereocenters. The lowest BCUT2D eigenvalue weighted by Crippen LogP contribution is -2.14. The highest BCUT2D eigenvalue weighted by molar-refractivity contribution is 6.42. The lowest BCUT2D eigenvalue weighted by atomic mass is 10.2. The SMILES string of the molecule is NCCc1c(C(=O)O)nnn1Cc1cccc(Cl)c1Cl. The molecule has 0 fully saturated rings. The van der Waals surface area contributed by atoms with E-state index >= 15 is 0 Å². The van der Waals surface area contributed by atoms with Crippen molar-refractivity contribution in [2.75, 3.05) is 6.54 Å². The quantitative estimate of drug-likeness (QED) is 0.878. The molecule has 0 saturated heterocycles. The molecule has 6 nitrogen and oxygen atoms in total. The molecule has 0 aliphatic rings. The zero-order valence-corrected chi connectivity index (χ0v) is 11.9. The minimum Gasteiger partial charge on any atom is -0.476 e. The van der Waals surface area contributed by atoms with Crippen LogP contribution in [0.25, 0.3) is 0 Å². The number of aromatic nitrogens is 3. The van der Waals surface area contributed by atoms with Gasteiger partial charge in [0, 0.05) is 6.42 Å². The maximum Gasteiger partial charge on any atom is 0.358 e. The molecule has 0 atom stereocenters. The molecule has 0 aliphatic heterocycles. The molecule has 1 aromatic carbocycles. The van der Waals surface area contributed by atoms with Gasteiger partial charge in [0.1, 0.15) is 0 Å². The van der Waals surface area contributed by atoms with Gasteiger partial charge in [0.2, 0.25) is 0 Å². The van der Waals surface area contributed by atoms with Crippen molar-refractivity contribution in [2.45, 2.75) is 13.0 Å². The van der Waals surface area contributed by atoms with Gasteiger partial charge in [-0.3, -0.25) is 0 Å². The largest absolute Gasteiger partial charge is 0.476 e. The van der Waals surface area contributed by atoms with Crippen LogP contribution < -0.4 is 5.73 Å². The predicted molar refractivity (Wildman–Crippen MR) is 75.3 cm³/mol. The van der Waals surface area contributed by atoms with E-state index in [9.17, 15) is 4.79 Å². The monoisotopic (exact) mass is 314 g/mol. The van der Waals surface area contributed by atoms with Crippen LogP contribution in [-0.4, -0.2) is 32.6 Å². The molecule has 106 valence electrons. The summed E-state index contributed by atoms with van der Waals surface area (Å²) in [7, 11) is 0. The Kier molecular flexibility index (Phi) is 4.59. The van der Waals surface area contributed by atoms with E-state index < -0.39 is 5.97 Å². The summed E-state index contributed by atoms with van der Waals surface area (Å²) in [4.78, 5) is 11.1. The van der Waals surface area contributed by atoms with Crippen LogP contribution in [0.3, 0.4) is 0 Å². The topological polar surface area (TPSA) is 94.0 Å². The van der Waals surface area contributed by atoms with E-state index in [1.165, 1.54) is 4.68 Å². The van der Waals surface area contributed by atoms with Gasteiger partial charge in [0.15, 0.2) is 5.69 Å². The van der Waals surface area contributed by atoms with Gasteiger partial charge in [0.25, 0.3) is 0 Å². The van der Waals surface area contributed by atoms with Gasteiger partial charge >= 0.3 is 5.97 Å². The summed E-state index contributed by atoms with van der Waals surface area (Å²) >= 11 is 12.1. The van der Waals surface area contributed by atoms with Crippen LogP contribution in [0.2, 0.25) is 10.0 Å². The lowest BCUT2D eigenvalue weighted by Gasteiger charge is -2.08. The molecule has 8 heteroatoms. The van der Waals surface area contributed by atoms with E-state index in [-0.39, 0.29) is 12.2 Å². The second kappa shape index (κ2) is 6.21. The second-order valence-electron chi connectivity index (χ2n) is 4.10. The number of rotatable bonds is 5. The summed E-state index contributed by atoms with van der Waals surface area (Å²) in [5.41, 5.74) is 6.61. The summed E-state index contributed by atoms with van der Waals surface area (Å²) in [6.45, 7) is 0.589. The fourth-order valence-corrected chi connectivity index (χ4v) is 2.22. The molecular formula is C12H12Cl2N4O2.